The molecule has 1 N–H and O–H groups in total. The highest BCUT2D eigenvalue weighted by atomic mass is 32.1. The second-order valence-corrected chi connectivity index (χ2v) is 10.5. The number of hydrogen-bond donors (Lipinski definition) is 1. The first kappa shape index (κ1) is 27.5. The summed E-state index contributed by atoms with van der Waals surface area (Å²) in [5.41, 5.74) is 1.48. The molecule has 8 heteroatoms. The number of ether oxygens (including phenoxy) is 3. The Bertz CT molecular complexity index is 1190. The molecule has 0 radical (unpaired) electrons. The minimum atomic E-state index is -0.906. The summed E-state index contributed by atoms with van der Waals surface area (Å²) in [6.07, 6.45) is 5.44. The Morgan fingerprint density at radius 1 is 0.947 bits per heavy atom. The van der Waals surface area contributed by atoms with E-state index in [0.717, 1.165) is 41.9 Å². The number of rotatable bonds is 11. The molecule has 1 aliphatic carbocycles. The number of carbonyl (C=O) groups is 2. The molecule has 2 amide bonds. The molecule has 4 rings (SSSR count). The van der Waals surface area contributed by atoms with Crippen molar-refractivity contribution in [3.8, 4) is 17.2 Å². The van der Waals surface area contributed by atoms with Gasteiger partial charge < -0.3 is 24.4 Å². The second kappa shape index (κ2) is 13.3. The van der Waals surface area contributed by atoms with E-state index in [9.17, 15) is 9.59 Å². The van der Waals surface area contributed by atoms with Gasteiger partial charge in [0.05, 0.1) is 27.8 Å². The maximum Gasteiger partial charge on any atom is 0.247 e. The fraction of sp³-hybridized carbons (Fsp3) is 0.400. The van der Waals surface area contributed by atoms with Crippen LogP contribution in [0.4, 0.5) is 0 Å². The number of amides is 2. The largest absolute Gasteiger partial charge is 0.497 e. The van der Waals surface area contributed by atoms with Crippen LogP contribution >= 0.6 is 11.3 Å². The van der Waals surface area contributed by atoms with E-state index in [1.54, 1.807) is 32.3 Å². The van der Waals surface area contributed by atoms with Gasteiger partial charge in [0, 0.05) is 23.0 Å². The molecule has 1 saturated carbocycles. The van der Waals surface area contributed by atoms with Gasteiger partial charge in [0.1, 0.15) is 11.8 Å². The Labute approximate surface area is 228 Å². The summed E-state index contributed by atoms with van der Waals surface area (Å²) in [5.74, 6) is 1.33. The van der Waals surface area contributed by atoms with Gasteiger partial charge in [-0.05, 0) is 48.1 Å². The third-order valence-electron chi connectivity index (χ3n) is 6.98. The van der Waals surface area contributed by atoms with Crippen LogP contribution in [-0.2, 0) is 22.6 Å². The van der Waals surface area contributed by atoms with Crippen molar-refractivity contribution < 1.29 is 23.8 Å². The van der Waals surface area contributed by atoms with Gasteiger partial charge in [-0.25, -0.2) is 0 Å². The van der Waals surface area contributed by atoms with Crippen molar-refractivity contribution in [1.29, 1.82) is 0 Å². The monoisotopic (exact) mass is 536 g/mol. The molecule has 38 heavy (non-hydrogen) atoms. The maximum atomic E-state index is 14.1. The minimum Gasteiger partial charge on any atom is -0.497 e. The molecule has 1 fully saturated rings. The fourth-order valence-electron chi connectivity index (χ4n) is 5.02. The first-order valence-electron chi connectivity index (χ1n) is 13.0. The summed E-state index contributed by atoms with van der Waals surface area (Å²) in [7, 11) is 4.74. The highest BCUT2D eigenvalue weighted by Gasteiger charge is 2.36. The third kappa shape index (κ3) is 6.67. The minimum absolute atomic E-state index is 0.0885. The van der Waals surface area contributed by atoms with E-state index in [-0.39, 0.29) is 30.8 Å². The Kier molecular flexibility index (Phi) is 9.65. The molecule has 202 valence electrons. The van der Waals surface area contributed by atoms with Gasteiger partial charge in [0.15, 0.2) is 11.5 Å². The van der Waals surface area contributed by atoms with Crippen LogP contribution in [0.5, 0.6) is 17.2 Å². The zero-order valence-electron chi connectivity index (χ0n) is 22.3. The van der Waals surface area contributed by atoms with Crippen molar-refractivity contribution in [2.24, 2.45) is 0 Å². The highest BCUT2D eigenvalue weighted by molar-refractivity contribution is 7.10. The molecule has 1 atom stereocenters. The van der Waals surface area contributed by atoms with Crippen LogP contribution in [0.1, 0.15) is 54.1 Å². The summed E-state index contributed by atoms with van der Waals surface area (Å²) in [5, 5.41) is 5.21. The molecule has 0 spiro atoms. The topological polar surface area (TPSA) is 77.1 Å². The molecule has 3 aromatic rings. The molecular weight excluding hydrogens is 500 g/mol. The van der Waals surface area contributed by atoms with E-state index >= 15 is 0 Å². The summed E-state index contributed by atoms with van der Waals surface area (Å²) >= 11 is 1.53. The van der Waals surface area contributed by atoms with Crippen LogP contribution in [0.3, 0.4) is 0 Å². The SMILES string of the molecule is COc1ccc(CN(C(=O)Cc2cccs2)[C@H](C(=O)NC2CCCCC2)c2cccc(OC)c2OC)cc1. The summed E-state index contributed by atoms with van der Waals surface area (Å²) in [4.78, 5) is 30.7. The number of methoxy groups -OCH3 is 3. The van der Waals surface area contributed by atoms with Crippen LogP contribution in [-0.4, -0.2) is 44.1 Å². The number of thiophene rings is 1. The van der Waals surface area contributed by atoms with Crippen molar-refractivity contribution in [3.05, 3.63) is 76.0 Å². The maximum absolute atomic E-state index is 14.1. The number of benzene rings is 2. The van der Waals surface area contributed by atoms with Gasteiger partial charge in [-0.3, -0.25) is 9.59 Å². The van der Waals surface area contributed by atoms with Crippen molar-refractivity contribution in [2.45, 2.75) is 57.2 Å². The third-order valence-corrected chi connectivity index (χ3v) is 7.85. The van der Waals surface area contributed by atoms with Crippen LogP contribution < -0.4 is 19.5 Å². The average Bonchev–Trinajstić information content (AvgIpc) is 3.46. The number of nitrogens with one attached hydrogen (secondary N) is 1. The van der Waals surface area contributed by atoms with Crippen LogP contribution in [0.15, 0.2) is 60.0 Å². The molecule has 1 aliphatic rings. The number of para-hydroxylation sites is 1. The lowest BCUT2D eigenvalue weighted by molar-refractivity contribution is -0.141. The Balaban J connectivity index is 1.77. The molecular formula is C30H36N2O5S. The van der Waals surface area contributed by atoms with Gasteiger partial charge in [-0.1, -0.05) is 49.6 Å². The molecule has 1 heterocycles. The summed E-state index contributed by atoms with van der Waals surface area (Å²) in [6.45, 7) is 0.247. The summed E-state index contributed by atoms with van der Waals surface area (Å²) < 4.78 is 16.6. The normalized spacial score (nSPS) is 14.4. The lowest BCUT2D eigenvalue weighted by Gasteiger charge is -2.34. The molecule has 0 saturated heterocycles. The second-order valence-electron chi connectivity index (χ2n) is 9.45. The van der Waals surface area contributed by atoms with Crippen molar-refractivity contribution in [2.75, 3.05) is 21.3 Å². The molecule has 1 aromatic heterocycles. The molecule has 0 unspecified atom stereocenters. The smallest absolute Gasteiger partial charge is 0.247 e. The van der Waals surface area contributed by atoms with Gasteiger partial charge in [-0.15, -0.1) is 11.3 Å². The first-order chi connectivity index (χ1) is 18.5. The van der Waals surface area contributed by atoms with Crippen LogP contribution in [0.25, 0.3) is 0 Å². The Morgan fingerprint density at radius 2 is 1.71 bits per heavy atom. The molecule has 7 nitrogen and oxygen atoms in total. The van der Waals surface area contributed by atoms with E-state index in [1.807, 2.05) is 53.9 Å². The van der Waals surface area contributed by atoms with Gasteiger partial charge in [0.2, 0.25) is 11.8 Å². The standard InChI is InChI=1S/C30H36N2O5S/c1-35-23-16-14-21(15-17-23)20-32(27(33)19-24-11-8-18-38-24)28(30(34)31-22-9-5-4-6-10-22)25-12-7-13-26(36-2)29(25)37-3/h7-8,11-18,22,28H,4-6,9-10,19-20H2,1-3H3,(H,31,34)/t28-/m0/s1. The molecule has 0 aliphatic heterocycles. The van der Waals surface area contributed by atoms with Crippen molar-refractivity contribution >= 4 is 23.2 Å². The number of nitrogens with zero attached hydrogens (tertiary/aromatic N) is 1. The fourth-order valence-corrected chi connectivity index (χ4v) is 5.72. The average molecular weight is 537 g/mol. The van der Waals surface area contributed by atoms with Gasteiger partial charge in [0.25, 0.3) is 0 Å². The van der Waals surface area contributed by atoms with E-state index < -0.39 is 6.04 Å². The number of carbonyl (C=O) groups excluding carboxylic acids is 2. The quantitative estimate of drug-likeness (QED) is 0.348. The van der Waals surface area contributed by atoms with Gasteiger partial charge >= 0.3 is 0 Å². The van der Waals surface area contributed by atoms with E-state index in [1.165, 1.54) is 17.8 Å². The van der Waals surface area contributed by atoms with E-state index in [0.29, 0.717) is 17.1 Å². The predicted octanol–water partition coefficient (Wildman–Crippen LogP) is 5.54. The lowest BCUT2D eigenvalue weighted by Crippen LogP contribution is -2.47. The van der Waals surface area contributed by atoms with Crippen LogP contribution in [0, 0.1) is 0 Å². The predicted molar refractivity (Wildman–Crippen MR) is 149 cm³/mol. The van der Waals surface area contributed by atoms with Crippen LogP contribution in [0.2, 0.25) is 0 Å². The Morgan fingerprint density at radius 3 is 2.34 bits per heavy atom. The Hall–Kier alpha value is -3.52. The highest BCUT2D eigenvalue weighted by Crippen LogP contribution is 2.38. The first-order valence-corrected chi connectivity index (χ1v) is 13.9. The van der Waals surface area contributed by atoms with E-state index in [4.69, 9.17) is 14.2 Å². The van der Waals surface area contributed by atoms with Crippen molar-refractivity contribution in [3.63, 3.8) is 0 Å². The zero-order chi connectivity index (χ0) is 26.9. The molecule has 0 bridgehead atoms. The lowest BCUT2D eigenvalue weighted by atomic mass is 9.94. The number of hydrogen-bond acceptors (Lipinski definition) is 6. The van der Waals surface area contributed by atoms with Gasteiger partial charge in [-0.2, -0.15) is 0 Å². The summed E-state index contributed by atoms with van der Waals surface area (Å²) in [6, 6.07) is 16.1. The van der Waals surface area contributed by atoms with Crippen molar-refractivity contribution in [1.82, 2.24) is 10.2 Å². The zero-order valence-corrected chi connectivity index (χ0v) is 23.1. The van der Waals surface area contributed by atoms with E-state index in [2.05, 4.69) is 5.32 Å². The molecule has 2 aromatic carbocycles.